The van der Waals surface area contributed by atoms with E-state index in [9.17, 15) is 19.5 Å². The predicted molar refractivity (Wildman–Crippen MR) is 123 cm³/mol. The van der Waals surface area contributed by atoms with Crippen LogP contribution in [0, 0.1) is 5.92 Å². The number of aliphatic carboxylic acids is 1. The average Bonchev–Trinajstić information content (AvgIpc) is 3.15. The van der Waals surface area contributed by atoms with Crippen molar-refractivity contribution in [2.24, 2.45) is 5.92 Å². The Balaban J connectivity index is 1.69. The summed E-state index contributed by atoms with van der Waals surface area (Å²) in [5.74, 6) is -0.323. The van der Waals surface area contributed by atoms with Crippen molar-refractivity contribution < 1.29 is 38.4 Å². The summed E-state index contributed by atoms with van der Waals surface area (Å²) in [6.07, 6.45) is 2.18. The Morgan fingerprint density at radius 3 is 2.50 bits per heavy atom. The Hall–Kier alpha value is -4.01. The van der Waals surface area contributed by atoms with Gasteiger partial charge in [-0.2, -0.15) is 0 Å². The number of nitrogens with one attached hydrogen (secondary N) is 1. The van der Waals surface area contributed by atoms with Gasteiger partial charge in [-0.15, -0.1) is 0 Å². The van der Waals surface area contributed by atoms with Crippen molar-refractivity contribution in [3.05, 3.63) is 53.3 Å². The van der Waals surface area contributed by atoms with E-state index in [-0.39, 0.29) is 24.1 Å². The van der Waals surface area contributed by atoms with Gasteiger partial charge in [-0.25, -0.2) is 4.79 Å². The normalized spacial score (nSPS) is 15.2. The number of benzene rings is 2. The second-order valence-electron chi connectivity index (χ2n) is 7.76. The third kappa shape index (κ3) is 5.48. The van der Waals surface area contributed by atoms with Gasteiger partial charge in [0.1, 0.15) is 29.0 Å². The van der Waals surface area contributed by atoms with Crippen LogP contribution in [0.15, 0.2) is 42.2 Å². The number of hydrogen-bond acceptors (Lipinski definition) is 7. The number of amides is 1. The maximum absolute atomic E-state index is 12.8. The smallest absolute Gasteiger partial charge is 0.326 e. The Morgan fingerprint density at radius 2 is 1.85 bits per heavy atom. The highest BCUT2D eigenvalue weighted by Crippen LogP contribution is 2.36. The van der Waals surface area contributed by atoms with Gasteiger partial charge in [-0.1, -0.05) is 20.3 Å². The molecule has 0 aliphatic carbocycles. The van der Waals surface area contributed by atoms with E-state index < -0.39 is 17.9 Å². The van der Waals surface area contributed by atoms with Crippen molar-refractivity contribution in [2.75, 3.05) is 20.8 Å². The Morgan fingerprint density at radius 1 is 1.12 bits per heavy atom. The molecule has 0 fully saturated rings. The van der Waals surface area contributed by atoms with Gasteiger partial charge < -0.3 is 29.4 Å². The molecule has 2 N–H and O–H groups in total. The van der Waals surface area contributed by atoms with Gasteiger partial charge in [0.2, 0.25) is 5.78 Å². The van der Waals surface area contributed by atoms with Crippen LogP contribution in [0.2, 0.25) is 0 Å². The van der Waals surface area contributed by atoms with Gasteiger partial charge in [0.15, 0.2) is 12.4 Å². The monoisotopic (exact) mass is 469 g/mol. The van der Waals surface area contributed by atoms with Crippen molar-refractivity contribution in [3.63, 3.8) is 0 Å². The topological polar surface area (TPSA) is 120 Å². The van der Waals surface area contributed by atoms with Crippen molar-refractivity contribution in [1.29, 1.82) is 0 Å². The van der Waals surface area contributed by atoms with E-state index in [0.717, 1.165) is 0 Å². The van der Waals surface area contributed by atoms with E-state index >= 15 is 0 Å². The van der Waals surface area contributed by atoms with Gasteiger partial charge in [-0.05, 0) is 36.3 Å². The van der Waals surface area contributed by atoms with E-state index in [1.165, 1.54) is 13.2 Å². The van der Waals surface area contributed by atoms with Crippen LogP contribution in [0.1, 0.15) is 36.2 Å². The van der Waals surface area contributed by atoms with E-state index in [2.05, 4.69) is 5.32 Å². The number of allylic oxidation sites excluding steroid dienone is 1. The van der Waals surface area contributed by atoms with E-state index in [1.807, 2.05) is 6.92 Å². The second-order valence-corrected chi connectivity index (χ2v) is 7.76. The lowest BCUT2D eigenvalue weighted by Crippen LogP contribution is -2.46. The molecule has 1 amide bonds. The summed E-state index contributed by atoms with van der Waals surface area (Å²) >= 11 is 0. The molecule has 0 aromatic heterocycles. The summed E-state index contributed by atoms with van der Waals surface area (Å²) in [6.45, 7) is 3.22. The third-order valence-corrected chi connectivity index (χ3v) is 5.53. The number of carboxylic acids is 1. The van der Waals surface area contributed by atoms with E-state index in [4.69, 9.17) is 18.9 Å². The molecule has 34 heavy (non-hydrogen) atoms. The summed E-state index contributed by atoms with van der Waals surface area (Å²) in [5, 5.41) is 11.8. The van der Waals surface area contributed by atoms with Crippen molar-refractivity contribution >= 4 is 23.7 Å². The highest BCUT2D eigenvalue weighted by atomic mass is 16.5. The fourth-order valence-corrected chi connectivity index (χ4v) is 3.38. The van der Waals surface area contributed by atoms with Crippen LogP contribution in [-0.2, 0) is 9.59 Å². The minimum atomic E-state index is -1.10. The van der Waals surface area contributed by atoms with Crippen LogP contribution in [0.3, 0.4) is 0 Å². The molecule has 1 aliphatic heterocycles. The zero-order valence-electron chi connectivity index (χ0n) is 19.4. The van der Waals surface area contributed by atoms with Gasteiger partial charge in [-0.3, -0.25) is 9.59 Å². The van der Waals surface area contributed by atoms with Gasteiger partial charge in [0.05, 0.1) is 19.8 Å². The first-order valence-electron chi connectivity index (χ1n) is 10.7. The summed E-state index contributed by atoms with van der Waals surface area (Å²) in [4.78, 5) is 36.3. The molecule has 0 saturated heterocycles. The Bertz CT molecular complexity index is 1120. The largest absolute Gasteiger partial charge is 0.497 e. The molecule has 9 heteroatoms. The molecule has 1 aliphatic rings. The number of rotatable bonds is 10. The van der Waals surface area contributed by atoms with Crippen LogP contribution >= 0.6 is 0 Å². The van der Waals surface area contributed by atoms with E-state index in [0.29, 0.717) is 40.5 Å². The molecular formula is C25H27NO8. The van der Waals surface area contributed by atoms with Crippen LogP contribution in [-0.4, -0.2) is 49.6 Å². The maximum atomic E-state index is 12.8. The number of fused-ring (bicyclic) bond motifs is 1. The molecule has 0 spiro atoms. The molecule has 0 saturated carbocycles. The highest BCUT2D eigenvalue weighted by Gasteiger charge is 2.29. The quantitative estimate of drug-likeness (QED) is 0.509. The molecule has 0 bridgehead atoms. The lowest BCUT2D eigenvalue weighted by molar-refractivity contribution is -0.143. The lowest BCUT2D eigenvalue weighted by Gasteiger charge is -2.20. The molecule has 9 nitrogen and oxygen atoms in total. The van der Waals surface area contributed by atoms with Gasteiger partial charge in [0, 0.05) is 17.7 Å². The van der Waals surface area contributed by atoms with Crippen molar-refractivity contribution in [1.82, 2.24) is 5.32 Å². The number of carbonyl (C=O) groups excluding carboxylic acids is 2. The molecular weight excluding hydrogens is 442 g/mol. The number of ether oxygens (including phenoxy) is 4. The average molecular weight is 469 g/mol. The first kappa shape index (κ1) is 24.6. The molecule has 1 heterocycles. The molecule has 180 valence electrons. The minimum absolute atomic E-state index is 0.117. The fraction of sp³-hybridized carbons (Fsp3) is 0.320. The minimum Gasteiger partial charge on any atom is -0.497 e. The standard InChI is InChI=1S/C25H27NO8/c1-5-14(2)23(25(29)30)26-22(27)13-33-17-8-9-18-20(12-17)34-21(24(18)28)10-15-6-7-16(31-3)11-19(15)32-4/h6-12,14,23H,5,13H2,1-4H3,(H,26,27)(H,29,30)/t14-,23-/m0/s1. The second kappa shape index (κ2) is 10.7. The molecule has 0 radical (unpaired) electrons. The summed E-state index contributed by atoms with van der Waals surface area (Å²) < 4.78 is 21.8. The first-order valence-corrected chi connectivity index (χ1v) is 10.7. The fourth-order valence-electron chi connectivity index (χ4n) is 3.38. The summed E-state index contributed by atoms with van der Waals surface area (Å²) in [5.41, 5.74) is 1.00. The van der Waals surface area contributed by atoms with Crippen molar-refractivity contribution in [2.45, 2.75) is 26.3 Å². The number of Topliss-reactive ketones (excluding diaryl/α,β-unsaturated/α-hetero) is 1. The summed E-state index contributed by atoms with van der Waals surface area (Å²) in [6, 6.07) is 8.81. The SMILES string of the molecule is CC[C@H](C)[C@H](NC(=O)COc1ccc2c(c1)OC(=Cc1ccc(OC)cc1OC)C2=O)C(=O)O. The predicted octanol–water partition coefficient (Wildman–Crippen LogP) is 3.31. The number of carboxylic acid groups (broad SMARTS) is 1. The highest BCUT2D eigenvalue weighted by molar-refractivity contribution is 6.14. The van der Waals surface area contributed by atoms with Crippen LogP contribution < -0.4 is 24.3 Å². The zero-order chi connectivity index (χ0) is 24.8. The van der Waals surface area contributed by atoms with E-state index in [1.54, 1.807) is 50.4 Å². The maximum Gasteiger partial charge on any atom is 0.326 e. The van der Waals surface area contributed by atoms with Crippen LogP contribution in [0.4, 0.5) is 0 Å². The molecule has 3 rings (SSSR count). The Kier molecular flexibility index (Phi) is 7.78. The molecule has 2 aromatic rings. The molecule has 2 atom stereocenters. The Labute approximate surface area is 197 Å². The summed E-state index contributed by atoms with van der Waals surface area (Å²) in [7, 11) is 3.07. The first-order chi connectivity index (χ1) is 16.3. The number of hydrogen-bond donors (Lipinski definition) is 2. The van der Waals surface area contributed by atoms with Gasteiger partial charge >= 0.3 is 5.97 Å². The number of methoxy groups -OCH3 is 2. The molecule has 2 aromatic carbocycles. The number of ketones is 1. The van der Waals surface area contributed by atoms with Crippen molar-refractivity contribution in [3.8, 4) is 23.0 Å². The van der Waals surface area contributed by atoms with Crippen LogP contribution in [0.25, 0.3) is 6.08 Å². The van der Waals surface area contributed by atoms with Gasteiger partial charge in [0.25, 0.3) is 5.91 Å². The third-order valence-electron chi connectivity index (χ3n) is 5.53. The van der Waals surface area contributed by atoms with Crippen LogP contribution in [0.5, 0.6) is 23.0 Å². The molecule has 0 unspecified atom stereocenters. The number of carbonyl (C=O) groups is 3. The lowest BCUT2D eigenvalue weighted by atomic mass is 9.99. The zero-order valence-corrected chi connectivity index (χ0v) is 19.4.